The van der Waals surface area contributed by atoms with Crippen molar-refractivity contribution in [3.63, 3.8) is 0 Å². The quantitative estimate of drug-likeness (QED) is 0.810. The molecular weight excluding hydrogens is 208 g/mol. The molecule has 2 heteroatoms. The van der Waals surface area contributed by atoms with Gasteiger partial charge in [0.15, 0.2) is 0 Å². The molecule has 1 aliphatic heterocycles. The molecule has 0 radical (unpaired) electrons. The van der Waals surface area contributed by atoms with Gasteiger partial charge >= 0.3 is 0 Å². The van der Waals surface area contributed by atoms with E-state index in [1.165, 1.54) is 45.4 Å². The van der Waals surface area contributed by atoms with Crippen molar-refractivity contribution in [2.24, 2.45) is 17.3 Å². The molecule has 0 aromatic carbocycles. The second kappa shape index (κ2) is 5.27. The highest BCUT2D eigenvalue weighted by Gasteiger charge is 2.46. The maximum Gasteiger partial charge on any atom is 0.0197 e. The number of nitrogens with one attached hydrogen (secondary N) is 1. The maximum atomic E-state index is 3.72. The van der Waals surface area contributed by atoms with Crippen molar-refractivity contribution in [3.8, 4) is 0 Å². The highest BCUT2D eigenvalue weighted by atomic mass is 15.2. The minimum absolute atomic E-state index is 0.632. The van der Waals surface area contributed by atoms with Crippen LogP contribution in [0.4, 0.5) is 0 Å². The first-order chi connectivity index (χ1) is 7.97. The third-order valence-corrected chi connectivity index (χ3v) is 4.51. The van der Waals surface area contributed by atoms with Gasteiger partial charge in [0.1, 0.15) is 0 Å². The molecule has 2 aliphatic rings. The fraction of sp³-hybridized carbons (Fsp3) is 1.00. The van der Waals surface area contributed by atoms with Crippen LogP contribution in [0.5, 0.6) is 0 Å². The lowest BCUT2D eigenvalue weighted by Crippen LogP contribution is -2.39. The predicted molar refractivity (Wildman–Crippen MR) is 74.2 cm³/mol. The Morgan fingerprint density at radius 2 is 2.06 bits per heavy atom. The van der Waals surface area contributed by atoms with Crippen molar-refractivity contribution in [2.75, 3.05) is 26.2 Å². The molecular formula is C15H30N2. The molecule has 0 aromatic rings. The van der Waals surface area contributed by atoms with Crippen molar-refractivity contribution in [2.45, 2.75) is 53.0 Å². The number of nitrogens with zero attached hydrogens (tertiary/aromatic N) is 1. The summed E-state index contributed by atoms with van der Waals surface area (Å²) in [5.74, 6) is 1.77. The molecule has 1 saturated carbocycles. The molecule has 100 valence electrons. The Balaban J connectivity index is 1.80. The Hall–Kier alpha value is -0.0800. The fourth-order valence-electron chi connectivity index (χ4n) is 3.17. The van der Waals surface area contributed by atoms with Gasteiger partial charge in [-0.2, -0.15) is 0 Å². The molecule has 2 fully saturated rings. The average Bonchev–Trinajstić information content (AvgIpc) is 2.85. The molecule has 2 nitrogen and oxygen atoms in total. The average molecular weight is 238 g/mol. The zero-order valence-electron chi connectivity index (χ0n) is 12.1. The molecule has 0 amide bonds. The van der Waals surface area contributed by atoms with E-state index in [-0.39, 0.29) is 0 Å². The van der Waals surface area contributed by atoms with Gasteiger partial charge in [0.05, 0.1) is 0 Å². The third-order valence-electron chi connectivity index (χ3n) is 4.51. The van der Waals surface area contributed by atoms with Crippen molar-refractivity contribution in [1.29, 1.82) is 0 Å². The summed E-state index contributed by atoms with van der Waals surface area (Å²) >= 11 is 0. The van der Waals surface area contributed by atoms with Crippen LogP contribution in [-0.4, -0.2) is 37.1 Å². The van der Waals surface area contributed by atoms with Gasteiger partial charge in [-0.3, -0.25) is 0 Å². The highest BCUT2D eigenvalue weighted by Crippen LogP contribution is 2.51. The Morgan fingerprint density at radius 1 is 1.35 bits per heavy atom. The van der Waals surface area contributed by atoms with Crippen LogP contribution >= 0.6 is 0 Å². The second-order valence-corrected chi connectivity index (χ2v) is 7.28. The van der Waals surface area contributed by atoms with Crippen LogP contribution in [0.25, 0.3) is 0 Å². The van der Waals surface area contributed by atoms with E-state index in [4.69, 9.17) is 0 Å². The van der Waals surface area contributed by atoms with Crippen molar-refractivity contribution < 1.29 is 0 Å². The number of hydrogen-bond acceptors (Lipinski definition) is 2. The lowest BCUT2D eigenvalue weighted by Gasteiger charge is -2.26. The summed E-state index contributed by atoms with van der Waals surface area (Å²) < 4.78 is 0. The van der Waals surface area contributed by atoms with Gasteiger partial charge in [0, 0.05) is 19.1 Å². The molecule has 1 aliphatic carbocycles. The predicted octanol–water partition coefficient (Wildman–Crippen LogP) is 2.74. The Morgan fingerprint density at radius 3 is 2.65 bits per heavy atom. The maximum absolute atomic E-state index is 3.72. The molecule has 0 spiro atoms. The van der Waals surface area contributed by atoms with Crippen molar-refractivity contribution in [3.05, 3.63) is 0 Å². The number of hydrogen-bond donors (Lipinski definition) is 1. The summed E-state index contributed by atoms with van der Waals surface area (Å²) in [6.45, 7) is 14.6. The normalized spacial score (nSPS) is 33.7. The van der Waals surface area contributed by atoms with E-state index in [2.05, 4.69) is 37.9 Å². The van der Waals surface area contributed by atoms with E-state index in [0.717, 1.165) is 17.9 Å². The van der Waals surface area contributed by atoms with E-state index >= 15 is 0 Å². The van der Waals surface area contributed by atoms with Gasteiger partial charge < -0.3 is 10.2 Å². The smallest absolute Gasteiger partial charge is 0.0197 e. The van der Waals surface area contributed by atoms with E-state index in [1.807, 2.05) is 0 Å². The van der Waals surface area contributed by atoms with Gasteiger partial charge in [-0.1, -0.05) is 27.7 Å². The Kier molecular flexibility index (Phi) is 4.14. The third kappa shape index (κ3) is 3.96. The van der Waals surface area contributed by atoms with Crippen LogP contribution in [0.1, 0.15) is 47.0 Å². The van der Waals surface area contributed by atoms with Gasteiger partial charge in [-0.25, -0.2) is 0 Å². The minimum Gasteiger partial charge on any atom is -0.313 e. The molecule has 2 rings (SSSR count). The van der Waals surface area contributed by atoms with E-state index in [9.17, 15) is 0 Å². The highest BCUT2D eigenvalue weighted by molar-refractivity contribution is 4.97. The topological polar surface area (TPSA) is 15.3 Å². The van der Waals surface area contributed by atoms with Crippen LogP contribution in [-0.2, 0) is 0 Å². The first kappa shape index (κ1) is 13.4. The van der Waals surface area contributed by atoms with E-state index in [0.29, 0.717) is 5.41 Å². The first-order valence-electron chi connectivity index (χ1n) is 7.43. The van der Waals surface area contributed by atoms with Crippen molar-refractivity contribution >= 4 is 0 Å². The van der Waals surface area contributed by atoms with Gasteiger partial charge in [0.2, 0.25) is 0 Å². The number of rotatable bonds is 4. The van der Waals surface area contributed by atoms with E-state index < -0.39 is 0 Å². The summed E-state index contributed by atoms with van der Waals surface area (Å²) in [6, 6.07) is 0.722. The van der Waals surface area contributed by atoms with Crippen LogP contribution in [0.2, 0.25) is 0 Å². The summed E-state index contributed by atoms with van der Waals surface area (Å²) in [5.41, 5.74) is 0.632. The molecule has 17 heavy (non-hydrogen) atoms. The second-order valence-electron chi connectivity index (χ2n) is 7.28. The van der Waals surface area contributed by atoms with Gasteiger partial charge in [-0.05, 0) is 49.6 Å². The zero-order chi connectivity index (χ0) is 12.5. The largest absolute Gasteiger partial charge is 0.313 e. The molecule has 0 bridgehead atoms. The summed E-state index contributed by atoms with van der Waals surface area (Å²) in [5, 5.41) is 3.72. The molecule has 2 atom stereocenters. The minimum atomic E-state index is 0.632. The Labute approximate surface area is 107 Å². The molecule has 1 saturated heterocycles. The summed E-state index contributed by atoms with van der Waals surface area (Å²) in [7, 11) is 0. The van der Waals surface area contributed by atoms with Crippen LogP contribution in [0.3, 0.4) is 0 Å². The molecule has 1 heterocycles. The SMILES string of the molecule is CC(C)CC1CN(CC2CC2(C)C)CCCN1. The summed E-state index contributed by atoms with van der Waals surface area (Å²) in [4.78, 5) is 2.71. The van der Waals surface area contributed by atoms with E-state index in [1.54, 1.807) is 0 Å². The van der Waals surface area contributed by atoms with Crippen LogP contribution in [0.15, 0.2) is 0 Å². The van der Waals surface area contributed by atoms with Gasteiger partial charge in [0.25, 0.3) is 0 Å². The fourth-order valence-corrected chi connectivity index (χ4v) is 3.17. The monoisotopic (exact) mass is 238 g/mol. The lowest BCUT2D eigenvalue weighted by atomic mass is 10.0. The molecule has 0 aromatic heterocycles. The van der Waals surface area contributed by atoms with Crippen molar-refractivity contribution in [1.82, 2.24) is 10.2 Å². The van der Waals surface area contributed by atoms with Gasteiger partial charge in [-0.15, -0.1) is 0 Å². The molecule has 1 N–H and O–H groups in total. The standard InChI is InChI=1S/C15H30N2/c1-12(2)8-14-11-17(7-5-6-16-14)10-13-9-15(13,3)4/h12-14,16H,5-11H2,1-4H3. The van der Waals surface area contributed by atoms with Crippen LogP contribution < -0.4 is 5.32 Å². The summed E-state index contributed by atoms with van der Waals surface area (Å²) in [6.07, 6.45) is 4.08. The Bertz CT molecular complexity index is 247. The zero-order valence-corrected chi connectivity index (χ0v) is 12.1. The van der Waals surface area contributed by atoms with Crippen LogP contribution in [0, 0.1) is 17.3 Å². The lowest BCUT2D eigenvalue weighted by molar-refractivity contribution is 0.236. The first-order valence-corrected chi connectivity index (χ1v) is 7.43. The molecule has 2 unspecified atom stereocenters.